The first-order valence-corrected chi connectivity index (χ1v) is 5.05. The van der Waals surface area contributed by atoms with Crippen LogP contribution in [0.5, 0.6) is 0 Å². The zero-order valence-electron chi connectivity index (χ0n) is 8.81. The maximum absolute atomic E-state index is 10.3. The van der Waals surface area contributed by atoms with Gasteiger partial charge in [0.05, 0.1) is 0 Å². The van der Waals surface area contributed by atoms with E-state index in [4.69, 9.17) is 11.6 Å². The van der Waals surface area contributed by atoms with E-state index in [9.17, 15) is 10.1 Å². The van der Waals surface area contributed by atoms with Crippen LogP contribution in [0.25, 0.3) is 0 Å². The molecule has 0 aliphatic rings. The molecule has 0 saturated carbocycles. The van der Waals surface area contributed by atoms with Gasteiger partial charge in [0.2, 0.25) is 0 Å². The zero-order chi connectivity index (χ0) is 12.0. The zero-order valence-corrected chi connectivity index (χ0v) is 9.57. The predicted molar refractivity (Wildman–Crippen MR) is 63.5 cm³/mol. The first-order chi connectivity index (χ1) is 7.61. The Bertz CT molecular complexity index is 390. The lowest BCUT2D eigenvalue weighted by Crippen LogP contribution is -2.29. The topological polar surface area (TPSA) is 67.5 Å². The minimum absolute atomic E-state index is 0.288. The third-order valence-corrected chi connectivity index (χ3v) is 2.21. The van der Waals surface area contributed by atoms with Gasteiger partial charge in [-0.05, 0) is 17.7 Å². The van der Waals surface area contributed by atoms with Crippen molar-refractivity contribution in [2.24, 2.45) is 4.99 Å². The second-order valence-electron chi connectivity index (χ2n) is 3.14. The van der Waals surface area contributed by atoms with Gasteiger partial charge in [-0.15, -0.1) is 0 Å². The third-order valence-electron chi connectivity index (χ3n) is 1.96. The van der Waals surface area contributed by atoms with Crippen LogP contribution in [0.4, 0.5) is 0 Å². The van der Waals surface area contributed by atoms with Crippen LogP contribution in [0, 0.1) is 10.1 Å². The first-order valence-electron chi connectivity index (χ1n) is 4.67. The van der Waals surface area contributed by atoms with E-state index in [-0.39, 0.29) is 6.54 Å². The monoisotopic (exact) mass is 241 g/mol. The number of nitrogens with zero attached hydrogens (tertiary/aromatic N) is 2. The summed E-state index contributed by atoms with van der Waals surface area (Å²) in [5.74, 6) is 0.361. The number of benzene rings is 1. The normalized spacial score (nSPS) is 11.2. The molecule has 0 saturated heterocycles. The molecular weight excluding hydrogens is 230 g/mol. The maximum Gasteiger partial charge on any atom is 0.259 e. The van der Waals surface area contributed by atoms with Crippen LogP contribution in [0.15, 0.2) is 29.3 Å². The second kappa shape index (κ2) is 6.07. The Hall–Kier alpha value is -1.62. The largest absolute Gasteiger partial charge is 0.364 e. The van der Waals surface area contributed by atoms with Gasteiger partial charge < -0.3 is 5.32 Å². The Kier molecular flexibility index (Phi) is 4.72. The molecule has 0 heterocycles. The number of hydrogen-bond donors (Lipinski definition) is 1. The molecule has 1 aromatic carbocycles. The van der Waals surface area contributed by atoms with Gasteiger partial charge >= 0.3 is 0 Å². The standard InChI is InChI=1S/C10H12ClN3O2/c1-12-10(7-14(15)16)13-6-8-2-4-9(11)5-3-8/h2-5H,6-7H2,1H3,(H,12,13). The van der Waals surface area contributed by atoms with Crippen molar-refractivity contribution in [2.45, 2.75) is 6.54 Å². The van der Waals surface area contributed by atoms with Gasteiger partial charge in [0.25, 0.3) is 6.54 Å². The lowest BCUT2D eigenvalue weighted by Gasteiger charge is -2.05. The van der Waals surface area contributed by atoms with E-state index in [1.807, 2.05) is 12.1 Å². The van der Waals surface area contributed by atoms with Crippen LogP contribution in [-0.2, 0) is 6.54 Å². The van der Waals surface area contributed by atoms with Crippen molar-refractivity contribution in [1.29, 1.82) is 0 Å². The summed E-state index contributed by atoms with van der Waals surface area (Å²) < 4.78 is 0. The molecule has 0 aliphatic heterocycles. The van der Waals surface area contributed by atoms with E-state index < -0.39 is 4.92 Å². The molecule has 0 radical (unpaired) electrons. The van der Waals surface area contributed by atoms with E-state index in [1.54, 1.807) is 12.1 Å². The number of nitrogens with one attached hydrogen (secondary N) is 1. The molecule has 1 N–H and O–H groups in total. The highest BCUT2D eigenvalue weighted by Crippen LogP contribution is 2.08. The van der Waals surface area contributed by atoms with E-state index in [0.717, 1.165) is 5.56 Å². The SMILES string of the molecule is CN=C(C[N+](=O)[O-])NCc1ccc(Cl)cc1. The Labute approximate surface area is 98.3 Å². The number of aliphatic imine (C=N–C) groups is 1. The van der Waals surface area contributed by atoms with Crippen molar-refractivity contribution in [3.63, 3.8) is 0 Å². The Balaban J connectivity index is 2.50. The fraction of sp³-hybridized carbons (Fsp3) is 0.300. The summed E-state index contributed by atoms with van der Waals surface area (Å²) in [4.78, 5) is 13.7. The van der Waals surface area contributed by atoms with Crippen molar-refractivity contribution < 1.29 is 4.92 Å². The summed E-state index contributed by atoms with van der Waals surface area (Å²) in [5.41, 5.74) is 0.994. The molecule has 1 rings (SSSR count). The molecule has 0 bridgehead atoms. The predicted octanol–water partition coefficient (Wildman–Crippen LogP) is 1.73. The van der Waals surface area contributed by atoms with Crippen molar-refractivity contribution in [3.05, 3.63) is 45.0 Å². The highest BCUT2D eigenvalue weighted by atomic mass is 35.5. The van der Waals surface area contributed by atoms with Gasteiger partial charge in [0, 0.05) is 23.5 Å². The number of hydrogen-bond acceptors (Lipinski definition) is 3. The van der Waals surface area contributed by atoms with Crippen LogP contribution in [0.1, 0.15) is 5.56 Å². The number of nitro groups is 1. The van der Waals surface area contributed by atoms with Crippen LogP contribution in [0.2, 0.25) is 5.02 Å². The molecule has 0 atom stereocenters. The van der Waals surface area contributed by atoms with Crippen LogP contribution < -0.4 is 5.32 Å². The smallest absolute Gasteiger partial charge is 0.259 e. The molecule has 6 heteroatoms. The number of amidine groups is 1. The van der Waals surface area contributed by atoms with Gasteiger partial charge in [-0.1, -0.05) is 23.7 Å². The van der Waals surface area contributed by atoms with Crippen LogP contribution in [0.3, 0.4) is 0 Å². The van der Waals surface area contributed by atoms with Gasteiger partial charge in [-0.25, -0.2) is 0 Å². The average molecular weight is 242 g/mol. The van der Waals surface area contributed by atoms with Gasteiger partial charge in [-0.3, -0.25) is 15.1 Å². The van der Waals surface area contributed by atoms with Gasteiger partial charge in [0.1, 0.15) is 0 Å². The minimum atomic E-state index is -0.419. The Morgan fingerprint density at radius 2 is 2.12 bits per heavy atom. The highest BCUT2D eigenvalue weighted by molar-refractivity contribution is 6.30. The second-order valence-corrected chi connectivity index (χ2v) is 3.58. The number of rotatable bonds is 4. The molecule has 86 valence electrons. The molecule has 0 aliphatic carbocycles. The van der Waals surface area contributed by atoms with E-state index >= 15 is 0 Å². The summed E-state index contributed by atoms with van der Waals surface area (Å²) in [6.45, 7) is 0.210. The molecular formula is C10H12ClN3O2. The summed E-state index contributed by atoms with van der Waals surface area (Å²) >= 11 is 5.74. The molecule has 1 aromatic rings. The number of halogens is 1. The molecule has 0 aromatic heterocycles. The van der Waals surface area contributed by atoms with Crippen molar-refractivity contribution in [2.75, 3.05) is 13.6 Å². The van der Waals surface area contributed by atoms with Crippen LogP contribution >= 0.6 is 11.6 Å². The fourth-order valence-corrected chi connectivity index (χ4v) is 1.26. The minimum Gasteiger partial charge on any atom is -0.364 e. The lowest BCUT2D eigenvalue weighted by molar-refractivity contribution is -0.463. The molecule has 0 unspecified atom stereocenters. The van der Waals surface area contributed by atoms with E-state index in [2.05, 4.69) is 10.3 Å². The lowest BCUT2D eigenvalue weighted by atomic mass is 10.2. The van der Waals surface area contributed by atoms with Crippen LogP contribution in [-0.4, -0.2) is 24.4 Å². The Morgan fingerprint density at radius 3 is 2.62 bits per heavy atom. The van der Waals surface area contributed by atoms with E-state index in [1.165, 1.54) is 7.05 Å². The summed E-state index contributed by atoms with van der Waals surface area (Å²) in [6.07, 6.45) is 0. The van der Waals surface area contributed by atoms with E-state index in [0.29, 0.717) is 17.4 Å². The van der Waals surface area contributed by atoms with Crippen molar-refractivity contribution >= 4 is 17.4 Å². The van der Waals surface area contributed by atoms with Gasteiger partial charge in [-0.2, -0.15) is 0 Å². The quantitative estimate of drug-likeness (QED) is 0.378. The van der Waals surface area contributed by atoms with Gasteiger partial charge in [0.15, 0.2) is 5.84 Å². The first kappa shape index (κ1) is 12.4. The molecule has 16 heavy (non-hydrogen) atoms. The van der Waals surface area contributed by atoms with Crippen molar-refractivity contribution in [3.8, 4) is 0 Å². The average Bonchev–Trinajstić information content (AvgIpc) is 2.26. The Morgan fingerprint density at radius 1 is 1.50 bits per heavy atom. The molecule has 0 spiro atoms. The summed E-state index contributed by atoms with van der Waals surface area (Å²) in [5, 5.41) is 13.9. The third kappa shape index (κ3) is 4.27. The summed E-state index contributed by atoms with van der Waals surface area (Å²) in [7, 11) is 1.52. The highest BCUT2D eigenvalue weighted by Gasteiger charge is 2.05. The fourth-order valence-electron chi connectivity index (χ4n) is 1.13. The summed E-state index contributed by atoms with van der Waals surface area (Å²) in [6, 6.07) is 7.26. The molecule has 0 amide bonds. The molecule has 0 fully saturated rings. The molecule has 5 nitrogen and oxygen atoms in total. The maximum atomic E-state index is 10.3. The van der Waals surface area contributed by atoms with Crippen molar-refractivity contribution in [1.82, 2.24) is 5.32 Å².